The number of amides is 1. The fraction of sp³-hybridized carbons (Fsp3) is 0.333. The number of thiazole rings is 1. The Bertz CT molecular complexity index is 597. The van der Waals surface area contributed by atoms with Crippen molar-refractivity contribution in [1.29, 1.82) is 0 Å². The van der Waals surface area contributed by atoms with Gasteiger partial charge in [0.05, 0.1) is 16.3 Å². The van der Waals surface area contributed by atoms with Crippen LogP contribution in [0.15, 0.2) is 30.3 Å². The van der Waals surface area contributed by atoms with Crippen molar-refractivity contribution in [1.82, 2.24) is 10.3 Å². The Kier molecular flexibility index (Phi) is 4.08. The van der Waals surface area contributed by atoms with Crippen molar-refractivity contribution < 1.29 is 9.53 Å². The molecule has 0 radical (unpaired) electrons. The van der Waals surface area contributed by atoms with Crippen LogP contribution in [0, 0.1) is 0 Å². The normalized spacial score (nSPS) is 18.9. The van der Waals surface area contributed by atoms with Crippen LogP contribution in [0.4, 0.5) is 0 Å². The van der Waals surface area contributed by atoms with Crippen LogP contribution >= 0.6 is 11.3 Å². The van der Waals surface area contributed by atoms with Gasteiger partial charge in [-0.2, -0.15) is 0 Å². The second kappa shape index (κ2) is 6.15. The van der Waals surface area contributed by atoms with E-state index in [9.17, 15) is 4.79 Å². The maximum atomic E-state index is 11.7. The monoisotopic (exact) mass is 288 g/mol. The lowest BCUT2D eigenvalue weighted by Gasteiger charge is -2.08. The van der Waals surface area contributed by atoms with Gasteiger partial charge in [-0.05, 0) is 31.1 Å². The van der Waals surface area contributed by atoms with Gasteiger partial charge >= 0.3 is 0 Å². The summed E-state index contributed by atoms with van der Waals surface area (Å²) in [5.74, 6) is -0.0974. The Labute approximate surface area is 121 Å². The minimum Gasteiger partial charge on any atom is -0.376 e. The fourth-order valence-electron chi connectivity index (χ4n) is 2.19. The van der Waals surface area contributed by atoms with E-state index in [2.05, 4.69) is 10.3 Å². The van der Waals surface area contributed by atoms with Crippen LogP contribution in [-0.4, -0.2) is 30.1 Å². The number of fused-ring (bicyclic) bond motifs is 1. The molecule has 1 aromatic carbocycles. The van der Waals surface area contributed by atoms with Gasteiger partial charge in [-0.15, -0.1) is 11.3 Å². The number of nitrogens with zero attached hydrogens (tertiary/aromatic N) is 1. The van der Waals surface area contributed by atoms with Crippen molar-refractivity contribution in [2.75, 3.05) is 13.2 Å². The molecule has 0 spiro atoms. The van der Waals surface area contributed by atoms with Gasteiger partial charge in [-0.3, -0.25) is 4.79 Å². The average molecular weight is 288 g/mol. The number of para-hydroxylation sites is 1. The summed E-state index contributed by atoms with van der Waals surface area (Å²) < 4.78 is 6.59. The summed E-state index contributed by atoms with van der Waals surface area (Å²) in [6.07, 6.45) is 5.58. The van der Waals surface area contributed by atoms with E-state index in [1.54, 1.807) is 17.4 Å². The predicted octanol–water partition coefficient (Wildman–Crippen LogP) is 2.60. The molecular formula is C15H16N2O2S. The molecule has 0 aliphatic carbocycles. The summed E-state index contributed by atoms with van der Waals surface area (Å²) in [5, 5.41) is 3.70. The van der Waals surface area contributed by atoms with Crippen molar-refractivity contribution in [3.63, 3.8) is 0 Å². The Hall–Kier alpha value is -1.72. The first kappa shape index (κ1) is 13.3. The van der Waals surface area contributed by atoms with Gasteiger partial charge in [0, 0.05) is 19.2 Å². The molecule has 1 amide bonds. The molecule has 5 heteroatoms. The maximum absolute atomic E-state index is 11.7. The third kappa shape index (κ3) is 3.23. The molecule has 1 aliphatic rings. The molecule has 104 valence electrons. The first-order valence-corrected chi connectivity index (χ1v) is 7.56. The smallest absolute Gasteiger partial charge is 0.244 e. The molecule has 3 rings (SSSR count). The summed E-state index contributed by atoms with van der Waals surface area (Å²) in [4.78, 5) is 16.2. The molecule has 1 aliphatic heterocycles. The van der Waals surface area contributed by atoms with E-state index in [0.717, 1.165) is 34.7 Å². The van der Waals surface area contributed by atoms with Gasteiger partial charge in [-0.1, -0.05) is 12.1 Å². The standard InChI is InChI=1S/C15H16N2O2S/c18-14(16-10-11-4-3-9-19-11)7-8-15-17-12-5-1-2-6-13(12)20-15/h1-2,5-8,11H,3-4,9-10H2,(H,16,18)/b8-7+. The first-order chi connectivity index (χ1) is 9.81. The molecule has 4 nitrogen and oxygen atoms in total. The number of hydrogen-bond acceptors (Lipinski definition) is 4. The number of carbonyl (C=O) groups is 1. The maximum Gasteiger partial charge on any atom is 0.244 e. The van der Waals surface area contributed by atoms with Crippen LogP contribution in [0.5, 0.6) is 0 Å². The molecule has 1 unspecified atom stereocenters. The lowest BCUT2D eigenvalue weighted by molar-refractivity contribution is -0.116. The van der Waals surface area contributed by atoms with Crippen molar-refractivity contribution in [3.8, 4) is 0 Å². The molecule has 20 heavy (non-hydrogen) atoms. The summed E-state index contributed by atoms with van der Waals surface area (Å²) in [5.41, 5.74) is 0.969. The van der Waals surface area contributed by atoms with Crippen molar-refractivity contribution in [3.05, 3.63) is 35.3 Å². The van der Waals surface area contributed by atoms with E-state index >= 15 is 0 Å². The SMILES string of the molecule is O=C(/C=C/c1nc2ccccc2s1)NCC1CCCO1. The zero-order valence-electron chi connectivity index (χ0n) is 11.0. The molecule has 1 fully saturated rings. The van der Waals surface area contributed by atoms with Crippen molar-refractivity contribution >= 4 is 33.5 Å². The van der Waals surface area contributed by atoms with Crippen LogP contribution in [0.3, 0.4) is 0 Å². The molecule has 1 saturated heterocycles. The number of nitrogens with one attached hydrogen (secondary N) is 1. The third-order valence-corrected chi connectivity index (χ3v) is 4.22. The van der Waals surface area contributed by atoms with E-state index < -0.39 is 0 Å². The molecule has 2 aromatic rings. The highest BCUT2D eigenvalue weighted by Crippen LogP contribution is 2.22. The van der Waals surface area contributed by atoms with E-state index in [-0.39, 0.29) is 12.0 Å². The minimum absolute atomic E-state index is 0.0974. The second-order valence-electron chi connectivity index (χ2n) is 4.73. The zero-order valence-corrected chi connectivity index (χ0v) is 11.9. The quantitative estimate of drug-likeness (QED) is 0.880. The first-order valence-electron chi connectivity index (χ1n) is 6.74. The summed E-state index contributed by atoms with van der Waals surface area (Å²) >= 11 is 1.58. The van der Waals surface area contributed by atoms with Crippen LogP contribution in [-0.2, 0) is 9.53 Å². The van der Waals surface area contributed by atoms with Crippen LogP contribution in [0.2, 0.25) is 0 Å². The largest absolute Gasteiger partial charge is 0.376 e. The van der Waals surface area contributed by atoms with Crippen molar-refractivity contribution in [2.45, 2.75) is 18.9 Å². The highest BCUT2D eigenvalue weighted by Gasteiger charge is 2.15. The lowest BCUT2D eigenvalue weighted by atomic mass is 10.2. The van der Waals surface area contributed by atoms with Gasteiger partial charge in [0.2, 0.25) is 5.91 Å². The van der Waals surface area contributed by atoms with Crippen LogP contribution in [0.1, 0.15) is 17.8 Å². The van der Waals surface area contributed by atoms with E-state index in [4.69, 9.17) is 4.74 Å². The Morgan fingerprint density at radius 3 is 3.20 bits per heavy atom. The number of aromatic nitrogens is 1. The summed E-state index contributed by atoms with van der Waals surface area (Å²) in [7, 11) is 0. The lowest BCUT2D eigenvalue weighted by Crippen LogP contribution is -2.30. The number of carbonyl (C=O) groups excluding carboxylic acids is 1. The molecule has 0 bridgehead atoms. The molecule has 1 atom stereocenters. The Morgan fingerprint density at radius 1 is 1.50 bits per heavy atom. The Morgan fingerprint density at radius 2 is 2.40 bits per heavy atom. The Balaban J connectivity index is 1.56. The van der Waals surface area contributed by atoms with E-state index in [1.807, 2.05) is 24.3 Å². The molecule has 2 heterocycles. The molecule has 1 N–H and O–H groups in total. The average Bonchev–Trinajstić information content (AvgIpc) is 3.11. The van der Waals surface area contributed by atoms with Crippen molar-refractivity contribution in [2.24, 2.45) is 0 Å². The zero-order chi connectivity index (χ0) is 13.8. The third-order valence-electron chi connectivity index (χ3n) is 3.22. The van der Waals surface area contributed by atoms with Gasteiger partial charge in [-0.25, -0.2) is 4.98 Å². The molecular weight excluding hydrogens is 272 g/mol. The van der Waals surface area contributed by atoms with E-state index in [0.29, 0.717) is 6.54 Å². The predicted molar refractivity (Wildman–Crippen MR) is 80.6 cm³/mol. The van der Waals surface area contributed by atoms with Gasteiger partial charge in [0.25, 0.3) is 0 Å². The number of hydrogen-bond donors (Lipinski definition) is 1. The second-order valence-corrected chi connectivity index (χ2v) is 5.80. The van der Waals surface area contributed by atoms with Gasteiger partial charge in [0.1, 0.15) is 5.01 Å². The van der Waals surface area contributed by atoms with Crippen LogP contribution in [0.25, 0.3) is 16.3 Å². The highest BCUT2D eigenvalue weighted by molar-refractivity contribution is 7.19. The van der Waals surface area contributed by atoms with Crippen LogP contribution < -0.4 is 5.32 Å². The number of ether oxygens (including phenoxy) is 1. The molecule has 0 saturated carbocycles. The fourth-order valence-corrected chi connectivity index (χ4v) is 3.06. The summed E-state index contributed by atoms with van der Waals surface area (Å²) in [6.45, 7) is 1.39. The number of benzene rings is 1. The van der Waals surface area contributed by atoms with Gasteiger partial charge in [0.15, 0.2) is 0 Å². The van der Waals surface area contributed by atoms with Gasteiger partial charge < -0.3 is 10.1 Å². The number of rotatable bonds is 4. The minimum atomic E-state index is -0.0974. The summed E-state index contributed by atoms with van der Waals surface area (Å²) in [6, 6.07) is 7.95. The molecule has 1 aromatic heterocycles. The highest BCUT2D eigenvalue weighted by atomic mass is 32.1. The topological polar surface area (TPSA) is 51.2 Å². The van der Waals surface area contributed by atoms with E-state index in [1.165, 1.54) is 6.08 Å².